The van der Waals surface area contributed by atoms with Crippen LogP contribution < -0.4 is 4.90 Å². The number of aromatic nitrogens is 4. The molecule has 3 heterocycles. The second-order valence-corrected chi connectivity index (χ2v) is 8.43. The van der Waals surface area contributed by atoms with E-state index in [4.69, 9.17) is 0 Å². The fraction of sp³-hybridized carbons (Fsp3) is 0.312. The fourth-order valence-corrected chi connectivity index (χ4v) is 4.05. The molecule has 1 aliphatic heterocycles. The highest BCUT2D eigenvalue weighted by molar-refractivity contribution is 7.89. The first-order valence-electron chi connectivity index (χ1n) is 7.80. The van der Waals surface area contributed by atoms with E-state index in [9.17, 15) is 8.42 Å². The van der Waals surface area contributed by atoms with Gasteiger partial charge in [-0.05, 0) is 23.3 Å². The summed E-state index contributed by atoms with van der Waals surface area (Å²) in [6.07, 6.45) is 3.29. The zero-order valence-corrected chi connectivity index (χ0v) is 15.0. The van der Waals surface area contributed by atoms with E-state index in [0.29, 0.717) is 18.0 Å². The lowest BCUT2D eigenvalue weighted by molar-refractivity contribution is 0.520. The lowest BCUT2D eigenvalue weighted by Gasteiger charge is -2.16. The molecule has 0 unspecified atom stereocenters. The quantitative estimate of drug-likeness (QED) is 0.698. The van der Waals surface area contributed by atoms with Crippen LogP contribution in [0.3, 0.4) is 0 Å². The van der Waals surface area contributed by atoms with Crippen LogP contribution >= 0.6 is 0 Å². The van der Waals surface area contributed by atoms with Gasteiger partial charge in [0.1, 0.15) is 12.1 Å². The number of fused-ring (bicyclic) bond motifs is 2. The number of rotatable bonds is 3. The second kappa shape index (κ2) is 5.50. The van der Waals surface area contributed by atoms with Crippen molar-refractivity contribution in [2.75, 3.05) is 19.0 Å². The number of sulfonamides is 1. The molecule has 0 spiro atoms. The second-order valence-electron chi connectivity index (χ2n) is 6.28. The normalized spacial score (nSPS) is 14.5. The van der Waals surface area contributed by atoms with Gasteiger partial charge in [0.05, 0.1) is 16.5 Å². The van der Waals surface area contributed by atoms with Crippen LogP contribution in [-0.2, 0) is 30.2 Å². The Morgan fingerprint density at radius 3 is 2.64 bits per heavy atom. The van der Waals surface area contributed by atoms with Crippen molar-refractivity contribution in [2.24, 2.45) is 7.05 Å². The molecule has 0 fully saturated rings. The monoisotopic (exact) mass is 358 g/mol. The molecule has 0 aliphatic carbocycles. The number of anilines is 1. The first-order valence-corrected chi connectivity index (χ1v) is 9.24. The molecule has 3 aromatic rings. The molecule has 0 saturated carbocycles. The lowest BCUT2D eigenvalue weighted by atomic mass is 10.1. The minimum Gasteiger partial charge on any atom is -0.347 e. The minimum absolute atomic E-state index is 0.312. The highest BCUT2D eigenvalue weighted by atomic mass is 32.2. The van der Waals surface area contributed by atoms with Gasteiger partial charge in [-0.1, -0.05) is 6.07 Å². The van der Waals surface area contributed by atoms with Crippen molar-refractivity contribution in [3.05, 3.63) is 41.9 Å². The smallest absolute Gasteiger partial charge is 0.242 e. The molecular weight excluding hydrogens is 340 g/mol. The number of benzene rings is 1. The summed E-state index contributed by atoms with van der Waals surface area (Å²) in [5.74, 6) is 0.811. The van der Waals surface area contributed by atoms with Gasteiger partial charge in [-0.2, -0.15) is 5.10 Å². The summed E-state index contributed by atoms with van der Waals surface area (Å²) in [7, 11) is 1.48. The van der Waals surface area contributed by atoms with Crippen molar-refractivity contribution in [2.45, 2.75) is 18.0 Å². The average Bonchev–Trinajstić information content (AvgIpc) is 3.17. The van der Waals surface area contributed by atoms with Gasteiger partial charge < -0.3 is 4.90 Å². The summed E-state index contributed by atoms with van der Waals surface area (Å²) in [5.41, 5.74) is 2.88. The molecule has 0 radical (unpaired) electrons. The van der Waals surface area contributed by atoms with Crippen molar-refractivity contribution < 1.29 is 8.42 Å². The Morgan fingerprint density at radius 2 is 1.88 bits per heavy atom. The summed E-state index contributed by atoms with van der Waals surface area (Å²) in [5, 5.41) is 5.13. The maximum atomic E-state index is 12.3. The van der Waals surface area contributed by atoms with Crippen LogP contribution in [0.4, 0.5) is 5.82 Å². The van der Waals surface area contributed by atoms with E-state index >= 15 is 0 Å². The highest BCUT2D eigenvalue weighted by Gasteiger charge is 2.25. The SMILES string of the molecule is CN(C)S(=O)(=O)c1ccc2c(c1)CN(c1ncnc3c1cnn3C)C2. The highest BCUT2D eigenvalue weighted by Crippen LogP contribution is 2.32. The number of hydrogen-bond acceptors (Lipinski definition) is 6. The minimum atomic E-state index is -3.44. The standard InChI is InChI=1S/C16H18N6O2S/c1-20(2)25(23,24)13-5-4-11-8-22(9-12(11)6-13)16-14-7-19-21(3)15(14)17-10-18-16/h4-7,10H,8-9H2,1-3H3. The Hall–Kier alpha value is -2.52. The number of aryl methyl sites for hydroxylation is 1. The van der Waals surface area contributed by atoms with E-state index in [2.05, 4.69) is 20.0 Å². The third-order valence-electron chi connectivity index (χ3n) is 4.49. The molecule has 25 heavy (non-hydrogen) atoms. The van der Waals surface area contributed by atoms with E-state index in [-0.39, 0.29) is 0 Å². The van der Waals surface area contributed by atoms with Gasteiger partial charge in [0.25, 0.3) is 0 Å². The maximum absolute atomic E-state index is 12.3. The van der Waals surface area contributed by atoms with Gasteiger partial charge in [0.2, 0.25) is 10.0 Å². The molecule has 130 valence electrons. The molecule has 8 nitrogen and oxygen atoms in total. The molecular formula is C16H18N6O2S. The van der Waals surface area contributed by atoms with Crippen LogP contribution in [-0.4, -0.2) is 46.6 Å². The summed E-state index contributed by atoms with van der Waals surface area (Å²) >= 11 is 0. The van der Waals surface area contributed by atoms with Crippen LogP contribution in [0.15, 0.2) is 35.6 Å². The average molecular weight is 358 g/mol. The lowest BCUT2D eigenvalue weighted by Crippen LogP contribution is -2.22. The van der Waals surface area contributed by atoms with Gasteiger partial charge in [0, 0.05) is 34.2 Å². The van der Waals surface area contributed by atoms with Crippen molar-refractivity contribution >= 4 is 26.9 Å². The first-order chi connectivity index (χ1) is 11.9. The Morgan fingerprint density at radius 1 is 1.12 bits per heavy atom. The van der Waals surface area contributed by atoms with Gasteiger partial charge >= 0.3 is 0 Å². The molecule has 0 saturated heterocycles. The van der Waals surface area contributed by atoms with Crippen molar-refractivity contribution in [3.8, 4) is 0 Å². The van der Waals surface area contributed by atoms with Crippen LogP contribution in [0.5, 0.6) is 0 Å². The van der Waals surface area contributed by atoms with Crippen molar-refractivity contribution in [1.82, 2.24) is 24.1 Å². The van der Waals surface area contributed by atoms with Gasteiger partial charge in [0.15, 0.2) is 5.65 Å². The van der Waals surface area contributed by atoms with Crippen LogP contribution in [0.1, 0.15) is 11.1 Å². The molecule has 4 rings (SSSR count). The molecule has 0 N–H and O–H groups in total. The Kier molecular flexibility index (Phi) is 3.51. The predicted octanol–water partition coefficient (Wildman–Crippen LogP) is 1.13. The molecule has 0 amide bonds. The van der Waals surface area contributed by atoms with Crippen LogP contribution in [0.25, 0.3) is 11.0 Å². The zero-order chi connectivity index (χ0) is 17.8. The van der Waals surface area contributed by atoms with E-state index in [1.54, 1.807) is 23.0 Å². The van der Waals surface area contributed by atoms with E-state index in [1.807, 2.05) is 13.1 Å². The van der Waals surface area contributed by atoms with Crippen LogP contribution in [0.2, 0.25) is 0 Å². The first kappa shape index (κ1) is 16.0. The third-order valence-corrected chi connectivity index (χ3v) is 6.30. The Bertz CT molecular complexity index is 1070. The van der Waals surface area contributed by atoms with Crippen LogP contribution in [0, 0.1) is 0 Å². The summed E-state index contributed by atoms with van der Waals surface area (Å²) in [6, 6.07) is 5.30. The van der Waals surface area contributed by atoms with Gasteiger partial charge in [-0.3, -0.25) is 4.68 Å². The molecule has 1 aliphatic rings. The molecule has 0 atom stereocenters. The zero-order valence-electron chi connectivity index (χ0n) is 14.2. The maximum Gasteiger partial charge on any atom is 0.242 e. The van der Waals surface area contributed by atoms with Crippen molar-refractivity contribution in [1.29, 1.82) is 0 Å². The Labute approximate surface area is 145 Å². The van der Waals surface area contributed by atoms with Gasteiger partial charge in [-0.25, -0.2) is 22.7 Å². The molecule has 0 bridgehead atoms. The largest absolute Gasteiger partial charge is 0.347 e. The number of hydrogen-bond donors (Lipinski definition) is 0. The van der Waals surface area contributed by atoms with E-state index in [1.165, 1.54) is 24.7 Å². The molecule has 9 heteroatoms. The molecule has 1 aromatic carbocycles. The third kappa shape index (κ3) is 2.47. The topological polar surface area (TPSA) is 84.2 Å². The summed E-state index contributed by atoms with van der Waals surface area (Å²) in [4.78, 5) is 11.1. The number of nitrogens with zero attached hydrogens (tertiary/aromatic N) is 6. The van der Waals surface area contributed by atoms with E-state index in [0.717, 1.165) is 28.0 Å². The Balaban J connectivity index is 1.72. The summed E-state index contributed by atoms with van der Waals surface area (Å²) in [6.45, 7) is 1.28. The van der Waals surface area contributed by atoms with E-state index < -0.39 is 10.0 Å². The van der Waals surface area contributed by atoms with Gasteiger partial charge in [-0.15, -0.1) is 0 Å². The fourth-order valence-electron chi connectivity index (χ4n) is 3.09. The molecule has 2 aromatic heterocycles. The summed E-state index contributed by atoms with van der Waals surface area (Å²) < 4.78 is 27.6. The predicted molar refractivity (Wildman–Crippen MR) is 93.5 cm³/mol. The van der Waals surface area contributed by atoms with Crippen molar-refractivity contribution in [3.63, 3.8) is 0 Å².